The second kappa shape index (κ2) is 5.83. The molecule has 0 aromatic heterocycles. The van der Waals surface area contributed by atoms with Gasteiger partial charge in [0.15, 0.2) is 0 Å². The molecule has 1 atom stereocenters. The third-order valence-electron chi connectivity index (χ3n) is 3.79. The van der Waals surface area contributed by atoms with E-state index in [1.807, 2.05) is 7.05 Å². The van der Waals surface area contributed by atoms with Crippen LogP contribution in [0.25, 0.3) is 0 Å². The monoisotopic (exact) mass is 240 g/mol. The fourth-order valence-corrected chi connectivity index (χ4v) is 2.31. The van der Waals surface area contributed by atoms with E-state index in [9.17, 15) is 4.79 Å². The molecule has 0 amide bonds. The third-order valence-corrected chi connectivity index (χ3v) is 3.79. The van der Waals surface area contributed by atoms with Crippen LogP contribution in [0.5, 0.6) is 0 Å². The van der Waals surface area contributed by atoms with E-state index in [1.165, 1.54) is 39.3 Å². The molecular formula is C13H24N2O2. The van der Waals surface area contributed by atoms with Crippen molar-refractivity contribution in [1.82, 2.24) is 10.2 Å². The molecule has 0 aromatic rings. The average molecular weight is 240 g/mol. The van der Waals surface area contributed by atoms with Gasteiger partial charge in [-0.2, -0.15) is 0 Å². The molecule has 1 N–H and O–H groups in total. The molecule has 2 saturated carbocycles. The van der Waals surface area contributed by atoms with Crippen LogP contribution >= 0.6 is 0 Å². The van der Waals surface area contributed by atoms with Gasteiger partial charge in [-0.1, -0.05) is 0 Å². The lowest BCUT2D eigenvalue weighted by Gasteiger charge is -2.24. The second-order valence-electron chi connectivity index (χ2n) is 5.32. The van der Waals surface area contributed by atoms with Crippen molar-refractivity contribution in [2.24, 2.45) is 5.92 Å². The Morgan fingerprint density at radius 2 is 2.12 bits per heavy atom. The van der Waals surface area contributed by atoms with Crippen molar-refractivity contribution < 1.29 is 9.53 Å². The average Bonchev–Trinajstić information content (AvgIpc) is 3.18. The highest BCUT2D eigenvalue weighted by Crippen LogP contribution is 2.34. The molecular weight excluding hydrogens is 216 g/mol. The van der Waals surface area contributed by atoms with E-state index >= 15 is 0 Å². The molecule has 2 aliphatic rings. The minimum Gasteiger partial charge on any atom is -0.468 e. The molecule has 17 heavy (non-hydrogen) atoms. The van der Waals surface area contributed by atoms with Gasteiger partial charge < -0.3 is 15.0 Å². The Bertz CT molecular complexity index is 262. The van der Waals surface area contributed by atoms with Gasteiger partial charge in [0.05, 0.1) is 7.11 Å². The molecule has 2 rings (SSSR count). The predicted octanol–water partition coefficient (Wildman–Crippen LogP) is 1.01. The van der Waals surface area contributed by atoms with E-state index in [0.29, 0.717) is 0 Å². The Hall–Kier alpha value is -0.610. The van der Waals surface area contributed by atoms with Crippen LogP contribution in [0.1, 0.15) is 32.1 Å². The zero-order valence-electron chi connectivity index (χ0n) is 10.9. The van der Waals surface area contributed by atoms with Gasteiger partial charge in [0, 0.05) is 19.1 Å². The number of hydrogen-bond acceptors (Lipinski definition) is 4. The zero-order chi connectivity index (χ0) is 12.3. The Morgan fingerprint density at radius 3 is 2.59 bits per heavy atom. The van der Waals surface area contributed by atoms with Crippen molar-refractivity contribution in [2.75, 3.05) is 27.2 Å². The first kappa shape index (κ1) is 12.8. The summed E-state index contributed by atoms with van der Waals surface area (Å²) in [5.41, 5.74) is 0. The summed E-state index contributed by atoms with van der Waals surface area (Å²) in [6, 6.07) is 0.645. The molecule has 0 bridgehead atoms. The molecule has 4 heteroatoms. The number of nitrogens with zero attached hydrogens (tertiary/aromatic N) is 1. The molecule has 0 heterocycles. The standard InChI is InChI=1S/C13H24N2O2/c1-14-12(13(16)17-2)7-8-15(11-5-6-11)9-10-3-4-10/h10-12,14H,3-9H2,1-2H3. The number of esters is 1. The van der Waals surface area contributed by atoms with Crippen LogP contribution < -0.4 is 5.32 Å². The van der Waals surface area contributed by atoms with Crippen LogP contribution in [0.3, 0.4) is 0 Å². The van der Waals surface area contributed by atoms with Crippen LogP contribution in [-0.2, 0) is 9.53 Å². The van der Waals surface area contributed by atoms with E-state index in [4.69, 9.17) is 4.74 Å². The van der Waals surface area contributed by atoms with Gasteiger partial charge in [-0.15, -0.1) is 0 Å². The third kappa shape index (κ3) is 3.96. The largest absolute Gasteiger partial charge is 0.468 e. The lowest BCUT2D eigenvalue weighted by molar-refractivity contribution is -0.143. The summed E-state index contributed by atoms with van der Waals surface area (Å²) in [5, 5.41) is 3.04. The minimum absolute atomic E-state index is 0.144. The van der Waals surface area contributed by atoms with Gasteiger partial charge in [0.2, 0.25) is 0 Å². The fraction of sp³-hybridized carbons (Fsp3) is 0.923. The lowest BCUT2D eigenvalue weighted by atomic mass is 10.2. The Balaban J connectivity index is 1.74. The number of likely N-dealkylation sites (N-methyl/N-ethyl adjacent to an activating group) is 1. The van der Waals surface area contributed by atoms with E-state index in [-0.39, 0.29) is 12.0 Å². The number of hydrogen-bond donors (Lipinski definition) is 1. The van der Waals surface area contributed by atoms with Crippen LogP contribution in [0.2, 0.25) is 0 Å². The molecule has 0 aromatic carbocycles. The predicted molar refractivity (Wildman–Crippen MR) is 66.8 cm³/mol. The number of carbonyl (C=O) groups is 1. The maximum Gasteiger partial charge on any atom is 0.322 e. The molecule has 4 nitrogen and oxygen atoms in total. The van der Waals surface area contributed by atoms with Crippen LogP contribution in [0.15, 0.2) is 0 Å². The zero-order valence-corrected chi connectivity index (χ0v) is 10.9. The highest BCUT2D eigenvalue weighted by Gasteiger charge is 2.34. The lowest BCUT2D eigenvalue weighted by Crippen LogP contribution is -2.39. The Kier molecular flexibility index (Phi) is 4.40. The summed E-state index contributed by atoms with van der Waals surface area (Å²) < 4.78 is 4.79. The summed E-state index contributed by atoms with van der Waals surface area (Å²) in [6.07, 6.45) is 6.34. The number of rotatable bonds is 8. The van der Waals surface area contributed by atoms with Crippen molar-refractivity contribution in [3.05, 3.63) is 0 Å². The molecule has 2 aliphatic carbocycles. The van der Waals surface area contributed by atoms with Crippen molar-refractivity contribution in [3.63, 3.8) is 0 Å². The van der Waals surface area contributed by atoms with Crippen LogP contribution in [0.4, 0.5) is 0 Å². The first-order valence-corrected chi connectivity index (χ1v) is 6.73. The number of carbonyl (C=O) groups excluding carboxylic acids is 1. The van der Waals surface area contributed by atoms with Gasteiger partial charge in [-0.25, -0.2) is 0 Å². The molecule has 1 unspecified atom stereocenters. The van der Waals surface area contributed by atoms with Crippen molar-refractivity contribution in [3.8, 4) is 0 Å². The highest BCUT2D eigenvalue weighted by atomic mass is 16.5. The smallest absolute Gasteiger partial charge is 0.322 e. The number of methoxy groups -OCH3 is 1. The maximum absolute atomic E-state index is 11.5. The van der Waals surface area contributed by atoms with Gasteiger partial charge in [0.25, 0.3) is 0 Å². The summed E-state index contributed by atoms with van der Waals surface area (Å²) in [6.45, 7) is 2.25. The van der Waals surface area contributed by atoms with E-state index in [2.05, 4.69) is 10.2 Å². The quantitative estimate of drug-likeness (QED) is 0.643. The van der Waals surface area contributed by atoms with Gasteiger partial charge in [0.1, 0.15) is 6.04 Å². The van der Waals surface area contributed by atoms with Gasteiger partial charge in [-0.3, -0.25) is 4.79 Å². The molecule has 0 spiro atoms. The second-order valence-corrected chi connectivity index (χ2v) is 5.32. The van der Waals surface area contributed by atoms with Gasteiger partial charge >= 0.3 is 5.97 Å². The normalized spacial score (nSPS) is 21.6. The van der Waals surface area contributed by atoms with Gasteiger partial charge in [-0.05, 0) is 45.1 Å². The molecule has 0 radical (unpaired) electrons. The van der Waals surface area contributed by atoms with E-state index in [0.717, 1.165) is 24.9 Å². The summed E-state index contributed by atoms with van der Waals surface area (Å²) in [5.74, 6) is 0.788. The number of ether oxygens (including phenoxy) is 1. The van der Waals surface area contributed by atoms with Crippen molar-refractivity contribution in [2.45, 2.75) is 44.2 Å². The van der Waals surface area contributed by atoms with E-state index < -0.39 is 0 Å². The summed E-state index contributed by atoms with van der Waals surface area (Å²) >= 11 is 0. The van der Waals surface area contributed by atoms with Crippen LogP contribution in [0, 0.1) is 5.92 Å². The molecule has 98 valence electrons. The fourth-order valence-electron chi connectivity index (χ4n) is 2.31. The van der Waals surface area contributed by atoms with Crippen molar-refractivity contribution >= 4 is 5.97 Å². The van der Waals surface area contributed by atoms with E-state index in [1.54, 1.807) is 0 Å². The van der Waals surface area contributed by atoms with Crippen molar-refractivity contribution in [1.29, 1.82) is 0 Å². The summed E-state index contributed by atoms with van der Waals surface area (Å²) in [7, 11) is 3.28. The summed E-state index contributed by atoms with van der Waals surface area (Å²) in [4.78, 5) is 14.0. The first-order chi connectivity index (χ1) is 8.24. The Labute approximate surface area is 104 Å². The first-order valence-electron chi connectivity index (χ1n) is 6.73. The minimum atomic E-state index is -0.152. The van der Waals surface area contributed by atoms with Crippen LogP contribution in [-0.4, -0.2) is 50.2 Å². The maximum atomic E-state index is 11.5. The topological polar surface area (TPSA) is 41.6 Å². The SMILES string of the molecule is CNC(CCN(CC1CC1)C1CC1)C(=O)OC. The molecule has 0 aliphatic heterocycles. The molecule has 0 saturated heterocycles. The number of nitrogens with one attached hydrogen (secondary N) is 1. The molecule has 2 fully saturated rings. The highest BCUT2D eigenvalue weighted by molar-refractivity contribution is 5.75. The Morgan fingerprint density at radius 1 is 1.41 bits per heavy atom.